The Bertz CT molecular complexity index is 1200. The fourth-order valence-corrected chi connectivity index (χ4v) is 3.94. The molecule has 0 fully saturated rings. The molecule has 0 saturated heterocycles. The van der Waals surface area contributed by atoms with Gasteiger partial charge in [-0.25, -0.2) is 9.78 Å². The van der Waals surface area contributed by atoms with Crippen LogP contribution in [0.15, 0.2) is 66.7 Å². The highest BCUT2D eigenvalue weighted by Gasteiger charge is 2.22. The summed E-state index contributed by atoms with van der Waals surface area (Å²) in [7, 11) is 3.01. The third-order valence-corrected chi connectivity index (χ3v) is 5.46. The van der Waals surface area contributed by atoms with Gasteiger partial charge in [0.1, 0.15) is 5.69 Å². The van der Waals surface area contributed by atoms with Crippen molar-refractivity contribution in [2.24, 2.45) is 7.05 Å². The third kappa shape index (κ3) is 3.85. The Morgan fingerprint density at radius 1 is 1.00 bits per heavy atom. The summed E-state index contributed by atoms with van der Waals surface area (Å²) in [6.07, 6.45) is 0. The van der Waals surface area contributed by atoms with Gasteiger partial charge in [0.25, 0.3) is 5.91 Å². The van der Waals surface area contributed by atoms with Crippen LogP contribution in [0, 0.1) is 0 Å². The zero-order valence-corrected chi connectivity index (χ0v) is 17.1. The Labute approximate surface area is 177 Å². The quantitative estimate of drug-likeness (QED) is 0.490. The Morgan fingerprint density at radius 3 is 2.27 bits per heavy atom. The summed E-state index contributed by atoms with van der Waals surface area (Å²) in [4.78, 5) is 30.0. The number of aromatic nitrogens is 3. The van der Waals surface area contributed by atoms with E-state index in [9.17, 15) is 9.59 Å². The van der Waals surface area contributed by atoms with Crippen LogP contribution in [0.5, 0.6) is 0 Å². The molecule has 0 unspecified atom stereocenters. The number of rotatable bonds is 5. The molecule has 2 heterocycles. The molecule has 0 saturated carbocycles. The molecule has 0 atom stereocenters. The lowest BCUT2D eigenvalue weighted by Crippen LogP contribution is -2.16. The molecule has 4 rings (SSSR count). The Morgan fingerprint density at radius 2 is 1.63 bits per heavy atom. The van der Waals surface area contributed by atoms with Crippen molar-refractivity contribution < 1.29 is 14.3 Å². The molecule has 30 heavy (non-hydrogen) atoms. The van der Waals surface area contributed by atoms with Crippen molar-refractivity contribution in [2.75, 3.05) is 12.4 Å². The van der Waals surface area contributed by atoms with Crippen LogP contribution < -0.4 is 5.32 Å². The Hall–Kier alpha value is -3.78. The summed E-state index contributed by atoms with van der Waals surface area (Å²) in [5, 5.41) is 7.50. The number of carbonyl (C=O) groups excluding carboxylic acids is 2. The van der Waals surface area contributed by atoms with E-state index in [2.05, 4.69) is 15.4 Å². The number of amides is 1. The number of anilines is 1. The van der Waals surface area contributed by atoms with E-state index >= 15 is 0 Å². The number of nitrogens with zero attached hydrogens (tertiary/aromatic N) is 3. The summed E-state index contributed by atoms with van der Waals surface area (Å²) < 4.78 is 6.37. The monoisotopic (exact) mass is 418 g/mol. The fraction of sp³-hybridized carbons (Fsp3) is 0.0909. The summed E-state index contributed by atoms with van der Waals surface area (Å²) in [5.41, 5.74) is 2.98. The number of hydrogen-bond acceptors (Lipinski definition) is 6. The van der Waals surface area contributed by atoms with Crippen molar-refractivity contribution in [3.05, 3.63) is 78.1 Å². The van der Waals surface area contributed by atoms with E-state index in [1.165, 1.54) is 23.1 Å². The van der Waals surface area contributed by atoms with E-state index in [0.29, 0.717) is 21.4 Å². The van der Waals surface area contributed by atoms with Gasteiger partial charge in [-0.05, 0) is 11.6 Å². The van der Waals surface area contributed by atoms with Gasteiger partial charge in [0, 0.05) is 12.6 Å². The van der Waals surface area contributed by atoms with Gasteiger partial charge in [-0.1, -0.05) is 72.0 Å². The van der Waals surface area contributed by atoms with Crippen LogP contribution in [0.3, 0.4) is 0 Å². The normalized spacial score (nSPS) is 10.6. The third-order valence-electron chi connectivity index (χ3n) is 4.44. The van der Waals surface area contributed by atoms with Crippen LogP contribution >= 0.6 is 11.3 Å². The molecule has 0 spiro atoms. The van der Waals surface area contributed by atoms with Crippen molar-refractivity contribution in [3.8, 4) is 21.7 Å². The standard InChI is InChI=1S/C22H18N4O3S/c1-26-17(13-16(25-26)14-9-5-3-6-10-14)20(27)24-22-23-18(21(28)29-2)19(30-22)15-11-7-4-8-12-15/h3-13H,1-2H3,(H,23,24,27). The molecule has 4 aromatic rings. The number of benzene rings is 2. The van der Waals surface area contributed by atoms with Crippen molar-refractivity contribution in [1.29, 1.82) is 0 Å². The number of methoxy groups -OCH3 is 1. The predicted octanol–water partition coefficient (Wildman–Crippen LogP) is 4.25. The molecule has 0 radical (unpaired) electrons. The maximum absolute atomic E-state index is 12.9. The number of ether oxygens (including phenoxy) is 1. The van der Waals surface area contributed by atoms with Gasteiger partial charge in [0.2, 0.25) is 0 Å². The predicted molar refractivity (Wildman–Crippen MR) is 115 cm³/mol. The second-order valence-electron chi connectivity index (χ2n) is 6.41. The smallest absolute Gasteiger partial charge is 0.358 e. The van der Waals surface area contributed by atoms with Crippen molar-refractivity contribution in [1.82, 2.24) is 14.8 Å². The number of esters is 1. The SMILES string of the molecule is COC(=O)c1nc(NC(=O)c2cc(-c3ccccc3)nn2C)sc1-c1ccccc1. The highest BCUT2D eigenvalue weighted by Crippen LogP contribution is 2.33. The zero-order valence-electron chi connectivity index (χ0n) is 16.3. The fourth-order valence-electron chi connectivity index (χ4n) is 2.98. The topological polar surface area (TPSA) is 86.1 Å². The second-order valence-corrected chi connectivity index (χ2v) is 7.41. The van der Waals surface area contributed by atoms with Gasteiger partial charge in [0.15, 0.2) is 10.8 Å². The molecule has 0 aliphatic carbocycles. The van der Waals surface area contributed by atoms with Crippen LogP contribution in [-0.2, 0) is 11.8 Å². The number of thiazole rings is 1. The lowest BCUT2D eigenvalue weighted by Gasteiger charge is -2.01. The van der Waals surface area contributed by atoms with Crippen LogP contribution in [0.25, 0.3) is 21.7 Å². The molecular formula is C22H18N4O3S. The van der Waals surface area contributed by atoms with Crippen LogP contribution in [-0.4, -0.2) is 33.8 Å². The van der Waals surface area contributed by atoms with Crippen LogP contribution in [0.2, 0.25) is 0 Å². The van der Waals surface area contributed by atoms with Gasteiger partial charge in [-0.15, -0.1) is 0 Å². The maximum atomic E-state index is 12.9. The minimum absolute atomic E-state index is 0.166. The molecule has 150 valence electrons. The molecule has 2 aromatic carbocycles. The first-order valence-electron chi connectivity index (χ1n) is 9.12. The second kappa shape index (κ2) is 8.30. The summed E-state index contributed by atoms with van der Waals surface area (Å²) in [6.45, 7) is 0. The van der Waals surface area contributed by atoms with Gasteiger partial charge >= 0.3 is 5.97 Å². The summed E-state index contributed by atoms with van der Waals surface area (Å²) in [6, 6.07) is 20.7. The van der Waals surface area contributed by atoms with E-state index in [4.69, 9.17) is 4.74 Å². The van der Waals surface area contributed by atoms with Crippen LogP contribution in [0.1, 0.15) is 21.0 Å². The molecule has 7 nitrogen and oxygen atoms in total. The number of carbonyl (C=O) groups is 2. The first-order chi connectivity index (χ1) is 14.6. The molecule has 1 N–H and O–H groups in total. The van der Waals surface area contributed by atoms with Crippen molar-refractivity contribution in [3.63, 3.8) is 0 Å². The number of hydrogen-bond donors (Lipinski definition) is 1. The van der Waals surface area contributed by atoms with Gasteiger partial charge in [-0.2, -0.15) is 5.10 Å². The molecule has 8 heteroatoms. The summed E-state index contributed by atoms with van der Waals surface area (Å²) in [5.74, 6) is -0.922. The number of nitrogens with one attached hydrogen (secondary N) is 1. The first kappa shape index (κ1) is 19.5. The Balaban J connectivity index is 1.63. The van der Waals surface area contributed by atoms with E-state index in [1.54, 1.807) is 13.1 Å². The average molecular weight is 418 g/mol. The lowest BCUT2D eigenvalue weighted by molar-refractivity contribution is 0.0595. The average Bonchev–Trinajstić information content (AvgIpc) is 3.38. The first-order valence-corrected chi connectivity index (χ1v) is 9.94. The van der Waals surface area contributed by atoms with E-state index in [0.717, 1.165) is 11.1 Å². The molecule has 1 amide bonds. The number of aryl methyl sites for hydroxylation is 1. The minimum atomic E-state index is -0.558. The van der Waals surface area contributed by atoms with Crippen LogP contribution in [0.4, 0.5) is 5.13 Å². The largest absolute Gasteiger partial charge is 0.464 e. The van der Waals surface area contributed by atoms with E-state index in [1.807, 2.05) is 60.7 Å². The highest BCUT2D eigenvalue weighted by molar-refractivity contribution is 7.19. The van der Waals surface area contributed by atoms with Crippen molar-refractivity contribution in [2.45, 2.75) is 0 Å². The van der Waals surface area contributed by atoms with Crippen molar-refractivity contribution >= 4 is 28.3 Å². The molecule has 0 aliphatic heterocycles. The molecule has 2 aromatic heterocycles. The summed E-state index contributed by atoms with van der Waals surface area (Å²) >= 11 is 1.21. The van der Waals surface area contributed by atoms with E-state index < -0.39 is 5.97 Å². The van der Waals surface area contributed by atoms with Gasteiger partial charge in [0.05, 0.1) is 17.7 Å². The molecule has 0 aliphatic rings. The maximum Gasteiger partial charge on any atom is 0.358 e. The van der Waals surface area contributed by atoms with Gasteiger partial charge < -0.3 is 4.74 Å². The van der Waals surface area contributed by atoms with E-state index in [-0.39, 0.29) is 11.6 Å². The zero-order chi connectivity index (χ0) is 21.1. The van der Waals surface area contributed by atoms with Gasteiger partial charge in [-0.3, -0.25) is 14.8 Å². The minimum Gasteiger partial charge on any atom is -0.464 e. The molecular weight excluding hydrogens is 400 g/mol. The Kier molecular flexibility index (Phi) is 5.40. The molecule has 0 bridgehead atoms. The highest BCUT2D eigenvalue weighted by atomic mass is 32.1. The lowest BCUT2D eigenvalue weighted by atomic mass is 10.1.